The zero-order chi connectivity index (χ0) is 14.8. The molecule has 20 heavy (non-hydrogen) atoms. The summed E-state index contributed by atoms with van der Waals surface area (Å²) in [6.07, 6.45) is 11.0. The van der Waals surface area contributed by atoms with E-state index in [4.69, 9.17) is 4.74 Å². The summed E-state index contributed by atoms with van der Waals surface area (Å²) in [6.45, 7) is 11.0. The normalized spacial score (nSPS) is 26.4. The fraction of sp³-hybridized carbons (Fsp3) is 1.00. The van der Waals surface area contributed by atoms with Crippen LogP contribution in [0.2, 0.25) is 0 Å². The van der Waals surface area contributed by atoms with Crippen LogP contribution in [0.25, 0.3) is 0 Å². The summed E-state index contributed by atoms with van der Waals surface area (Å²) in [6, 6.07) is 0.570. The fourth-order valence-corrected chi connectivity index (χ4v) is 3.95. The van der Waals surface area contributed by atoms with Gasteiger partial charge in [-0.25, -0.2) is 0 Å². The maximum atomic E-state index is 6.13. The van der Waals surface area contributed by atoms with E-state index in [1.807, 2.05) is 0 Å². The van der Waals surface area contributed by atoms with Crippen molar-refractivity contribution in [1.29, 1.82) is 0 Å². The van der Waals surface area contributed by atoms with E-state index >= 15 is 0 Å². The van der Waals surface area contributed by atoms with Crippen molar-refractivity contribution in [3.8, 4) is 0 Å². The smallest absolute Gasteiger partial charge is 0.0730 e. The second-order valence-corrected chi connectivity index (χ2v) is 6.38. The zero-order valence-electron chi connectivity index (χ0n) is 14.3. The lowest BCUT2D eigenvalue weighted by atomic mass is 9.72. The van der Waals surface area contributed by atoms with Gasteiger partial charge in [-0.15, -0.1) is 0 Å². The number of ether oxygens (including phenoxy) is 1. The summed E-state index contributed by atoms with van der Waals surface area (Å²) in [5, 5.41) is 3.85. The molecule has 0 spiro atoms. The van der Waals surface area contributed by atoms with E-state index < -0.39 is 0 Å². The molecule has 0 radical (unpaired) electrons. The van der Waals surface area contributed by atoms with Crippen molar-refractivity contribution < 1.29 is 4.74 Å². The van der Waals surface area contributed by atoms with Gasteiger partial charge in [0.1, 0.15) is 0 Å². The quantitative estimate of drug-likeness (QED) is 0.623. The number of hydrogen-bond donors (Lipinski definition) is 1. The molecule has 0 aromatic heterocycles. The van der Waals surface area contributed by atoms with Crippen LogP contribution in [0.5, 0.6) is 0 Å². The molecule has 1 aliphatic carbocycles. The summed E-state index contributed by atoms with van der Waals surface area (Å²) in [7, 11) is 0. The van der Waals surface area contributed by atoms with Gasteiger partial charge in [-0.1, -0.05) is 52.9 Å². The molecule has 0 heterocycles. The molecule has 1 saturated carbocycles. The van der Waals surface area contributed by atoms with Gasteiger partial charge >= 0.3 is 0 Å². The van der Waals surface area contributed by atoms with Gasteiger partial charge in [-0.05, 0) is 44.6 Å². The Balaban J connectivity index is 2.77. The Bertz CT molecular complexity index is 225. The highest BCUT2D eigenvalue weighted by Gasteiger charge is 2.35. The van der Waals surface area contributed by atoms with Crippen LogP contribution in [0.1, 0.15) is 79.1 Å². The van der Waals surface area contributed by atoms with Crippen LogP contribution in [-0.2, 0) is 4.74 Å². The van der Waals surface area contributed by atoms with Crippen LogP contribution >= 0.6 is 0 Å². The molecule has 0 saturated heterocycles. The summed E-state index contributed by atoms with van der Waals surface area (Å²) < 4.78 is 6.13. The molecule has 1 rings (SSSR count). The van der Waals surface area contributed by atoms with E-state index in [2.05, 4.69) is 33.0 Å². The first-order valence-electron chi connectivity index (χ1n) is 9.13. The minimum atomic E-state index is 0.411. The van der Waals surface area contributed by atoms with Gasteiger partial charge in [0.2, 0.25) is 0 Å². The third kappa shape index (κ3) is 5.37. The van der Waals surface area contributed by atoms with Gasteiger partial charge in [0.25, 0.3) is 0 Å². The third-order valence-electron chi connectivity index (χ3n) is 4.94. The third-order valence-corrected chi connectivity index (χ3v) is 4.94. The van der Waals surface area contributed by atoms with Gasteiger partial charge in [-0.2, -0.15) is 0 Å². The molecular formula is C18H37NO. The Morgan fingerprint density at radius 1 is 1.05 bits per heavy atom. The van der Waals surface area contributed by atoms with Gasteiger partial charge in [0.15, 0.2) is 0 Å². The topological polar surface area (TPSA) is 21.3 Å². The van der Waals surface area contributed by atoms with Gasteiger partial charge < -0.3 is 10.1 Å². The van der Waals surface area contributed by atoms with Crippen molar-refractivity contribution in [3.63, 3.8) is 0 Å². The molecule has 0 aromatic rings. The van der Waals surface area contributed by atoms with Gasteiger partial charge in [-0.3, -0.25) is 0 Å². The van der Waals surface area contributed by atoms with Crippen molar-refractivity contribution in [2.75, 3.05) is 13.2 Å². The molecule has 0 bridgehead atoms. The van der Waals surface area contributed by atoms with E-state index in [-0.39, 0.29) is 0 Å². The highest BCUT2D eigenvalue weighted by atomic mass is 16.5. The van der Waals surface area contributed by atoms with Gasteiger partial charge in [0, 0.05) is 12.6 Å². The minimum absolute atomic E-state index is 0.411. The molecule has 120 valence electrons. The Hall–Kier alpha value is -0.0800. The SMILES string of the molecule is CCCNC(C(CCC)OCC)C1CCCCC1CC. The predicted octanol–water partition coefficient (Wildman–Crippen LogP) is 4.78. The summed E-state index contributed by atoms with van der Waals surface area (Å²) in [4.78, 5) is 0. The summed E-state index contributed by atoms with van der Waals surface area (Å²) in [5.74, 6) is 1.72. The highest BCUT2D eigenvalue weighted by Crippen LogP contribution is 2.36. The first kappa shape index (κ1) is 18.0. The predicted molar refractivity (Wildman–Crippen MR) is 88.1 cm³/mol. The zero-order valence-corrected chi connectivity index (χ0v) is 14.3. The maximum Gasteiger partial charge on any atom is 0.0730 e. The van der Waals surface area contributed by atoms with E-state index in [1.165, 1.54) is 51.4 Å². The van der Waals surface area contributed by atoms with E-state index in [1.54, 1.807) is 0 Å². The second kappa shape index (κ2) is 10.6. The molecule has 1 fully saturated rings. The maximum absolute atomic E-state index is 6.13. The Labute approximate surface area is 127 Å². The van der Waals surface area contributed by atoms with Gasteiger partial charge in [0.05, 0.1) is 6.10 Å². The van der Waals surface area contributed by atoms with Crippen LogP contribution in [-0.4, -0.2) is 25.3 Å². The molecular weight excluding hydrogens is 246 g/mol. The lowest BCUT2D eigenvalue weighted by Crippen LogP contribution is -2.50. The number of nitrogens with one attached hydrogen (secondary N) is 1. The molecule has 0 aliphatic heterocycles. The summed E-state index contributed by atoms with van der Waals surface area (Å²) >= 11 is 0. The molecule has 0 aromatic carbocycles. The van der Waals surface area contributed by atoms with Crippen molar-refractivity contribution in [1.82, 2.24) is 5.32 Å². The average molecular weight is 284 g/mol. The number of rotatable bonds is 10. The fourth-order valence-electron chi connectivity index (χ4n) is 3.95. The molecule has 4 unspecified atom stereocenters. The van der Waals surface area contributed by atoms with Crippen LogP contribution in [0, 0.1) is 11.8 Å². The molecule has 4 atom stereocenters. The lowest BCUT2D eigenvalue weighted by Gasteiger charge is -2.41. The van der Waals surface area contributed by atoms with Crippen molar-refractivity contribution in [2.24, 2.45) is 11.8 Å². The van der Waals surface area contributed by atoms with Crippen molar-refractivity contribution in [3.05, 3.63) is 0 Å². The molecule has 0 amide bonds. The largest absolute Gasteiger partial charge is 0.377 e. The Kier molecular flexibility index (Phi) is 9.54. The standard InChI is InChI=1S/C18H37NO/c1-5-11-17(20-8-4)18(19-14-6-2)16-13-10-9-12-15(16)7-3/h15-19H,5-14H2,1-4H3. The number of hydrogen-bond acceptors (Lipinski definition) is 2. The van der Waals surface area contributed by atoms with Crippen molar-refractivity contribution in [2.45, 2.75) is 91.2 Å². The van der Waals surface area contributed by atoms with E-state index in [0.717, 1.165) is 25.0 Å². The van der Waals surface area contributed by atoms with Crippen LogP contribution < -0.4 is 5.32 Å². The van der Waals surface area contributed by atoms with Crippen LogP contribution in [0.15, 0.2) is 0 Å². The van der Waals surface area contributed by atoms with E-state index in [0.29, 0.717) is 12.1 Å². The molecule has 2 nitrogen and oxygen atoms in total. The minimum Gasteiger partial charge on any atom is -0.377 e. The van der Waals surface area contributed by atoms with Crippen molar-refractivity contribution >= 4 is 0 Å². The second-order valence-electron chi connectivity index (χ2n) is 6.38. The first-order valence-corrected chi connectivity index (χ1v) is 9.13. The average Bonchev–Trinajstić information content (AvgIpc) is 2.48. The van der Waals surface area contributed by atoms with Crippen LogP contribution in [0.3, 0.4) is 0 Å². The molecule has 1 aliphatic rings. The van der Waals surface area contributed by atoms with Crippen LogP contribution in [0.4, 0.5) is 0 Å². The monoisotopic (exact) mass is 283 g/mol. The lowest BCUT2D eigenvalue weighted by molar-refractivity contribution is -0.00587. The highest BCUT2D eigenvalue weighted by molar-refractivity contribution is 4.89. The molecule has 1 N–H and O–H groups in total. The van der Waals surface area contributed by atoms with E-state index in [9.17, 15) is 0 Å². The first-order chi connectivity index (χ1) is 9.78. The molecule has 2 heteroatoms. The Morgan fingerprint density at radius 3 is 2.40 bits per heavy atom. The summed E-state index contributed by atoms with van der Waals surface area (Å²) in [5.41, 5.74) is 0. The Morgan fingerprint density at radius 2 is 1.80 bits per heavy atom.